The molecule has 0 bridgehead atoms. The zero-order chi connectivity index (χ0) is 24.9. The molecule has 0 saturated carbocycles. The van der Waals surface area contributed by atoms with E-state index in [0.29, 0.717) is 10.6 Å². The van der Waals surface area contributed by atoms with Crippen molar-refractivity contribution in [1.29, 1.82) is 0 Å². The van der Waals surface area contributed by atoms with Crippen LogP contribution in [-0.2, 0) is 38.1 Å². The van der Waals surface area contributed by atoms with E-state index in [1.165, 1.54) is 14.2 Å². The van der Waals surface area contributed by atoms with Gasteiger partial charge in [0.15, 0.2) is 0 Å². The topological polar surface area (TPSA) is 105 Å². The first-order chi connectivity index (χ1) is 16.4. The Morgan fingerprint density at radius 2 is 1.03 bits per heavy atom. The van der Waals surface area contributed by atoms with Gasteiger partial charge < -0.3 is 18.9 Å². The second-order valence-electron chi connectivity index (χ2n) is 6.98. The largest absolute Gasteiger partial charge is 0.465 e. The van der Waals surface area contributed by atoms with Crippen molar-refractivity contribution in [3.05, 3.63) is 83.2 Å². The van der Waals surface area contributed by atoms with Crippen molar-refractivity contribution < 1.29 is 38.1 Å². The number of esters is 4. The minimum atomic E-state index is -3.53. The zero-order valence-electron chi connectivity index (χ0n) is 19.1. The standard InChI is InChI=1S/C25H23O8P/c1-30-22(26)18-15-19(23(27)31-2)21(25(29)33-4)34(20(18)24(28)32-3,16-11-7-5-8-12-16)17-13-9-6-10-14-17/h5-15H,1-4H3. The molecule has 8 nitrogen and oxygen atoms in total. The minimum absolute atomic E-state index is 0.0905. The van der Waals surface area contributed by atoms with Crippen LogP contribution >= 0.6 is 6.89 Å². The molecule has 0 N–H and O–H groups in total. The average molecular weight is 482 g/mol. The average Bonchev–Trinajstić information content (AvgIpc) is 2.90. The number of ether oxygens (including phenoxy) is 4. The summed E-state index contributed by atoms with van der Waals surface area (Å²) >= 11 is 0. The van der Waals surface area contributed by atoms with Crippen LogP contribution in [-0.4, -0.2) is 57.6 Å². The molecule has 3 rings (SSSR count). The fourth-order valence-electron chi connectivity index (χ4n) is 3.94. The molecule has 0 spiro atoms. The molecule has 176 valence electrons. The summed E-state index contributed by atoms with van der Waals surface area (Å²) in [5.74, 6) is -3.44. The van der Waals surface area contributed by atoms with Gasteiger partial charge in [0, 0.05) is 6.89 Å². The normalized spacial score (nSPS) is 14.6. The maximum Gasteiger partial charge on any atom is 0.339 e. The van der Waals surface area contributed by atoms with Crippen molar-refractivity contribution in [3.8, 4) is 0 Å². The van der Waals surface area contributed by atoms with Gasteiger partial charge in [-0.3, -0.25) is 0 Å². The van der Waals surface area contributed by atoms with Crippen molar-refractivity contribution in [1.82, 2.24) is 0 Å². The van der Waals surface area contributed by atoms with Crippen molar-refractivity contribution >= 4 is 46.7 Å². The van der Waals surface area contributed by atoms with Crippen molar-refractivity contribution in [2.75, 3.05) is 28.4 Å². The predicted octanol–water partition coefficient (Wildman–Crippen LogP) is 1.71. The van der Waals surface area contributed by atoms with Gasteiger partial charge in [-0.2, -0.15) is 0 Å². The second kappa shape index (κ2) is 10.4. The Labute approximate surface area is 196 Å². The summed E-state index contributed by atoms with van der Waals surface area (Å²) in [6.45, 7) is -3.53. The highest BCUT2D eigenvalue weighted by Gasteiger charge is 2.47. The number of rotatable bonds is 6. The molecule has 0 fully saturated rings. The lowest BCUT2D eigenvalue weighted by molar-refractivity contribution is -0.138. The molecule has 2 aromatic rings. The monoisotopic (exact) mass is 482 g/mol. The summed E-state index contributed by atoms with van der Waals surface area (Å²) in [6, 6.07) is 17.4. The molecule has 1 aliphatic heterocycles. The third kappa shape index (κ3) is 3.97. The van der Waals surface area contributed by atoms with E-state index in [2.05, 4.69) is 0 Å². The van der Waals surface area contributed by atoms with Gasteiger partial charge >= 0.3 is 23.9 Å². The van der Waals surface area contributed by atoms with Gasteiger partial charge in [0.05, 0.1) is 50.2 Å². The van der Waals surface area contributed by atoms with Crippen LogP contribution in [0.3, 0.4) is 0 Å². The highest BCUT2D eigenvalue weighted by atomic mass is 31.2. The van der Waals surface area contributed by atoms with Gasteiger partial charge in [0.1, 0.15) is 0 Å². The number of carbonyl (C=O) groups excluding carboxylic acids is 4. The molecule has 2 aromatic carbocycles. The molecule has 9 heteroatoms. The number of benzene rings is 2. The van der Waals surface area contributed by atoms with E-state index in [0.717, 1.165) is 20.3 Å². The Morgan fingerprint density at radius 1 is 0.588 bits per heavy atom. The lowest BCUT2D eigenvalue weighted by Crippen LogP contribution is -2.37. The van der Waals surface area contributed by atoms with Crippen LogP contribution in [0.4, 0.5) is 0 Å². The maximum absolute atomic E-state index is 13.4. The zero-order valence-corrected chi connectivity index (χ0v) is 20.0. The molecule has 1 aliphatic rings. The number of carbonyl (C=O) groups is 4. The number of methoxy groups -OCH3 is 4. The lowest BCUT2D eigenvalue weighted by Gasteiger charge is -2.35. The fourth-order valence-corrected chi connectivity index (χ4v) is 8.50. The second-order valence-corrected chi connectivity index (χ2v) is 10.2. The van der Waals surface area contributed by atoms with Gasteiger partial charge in [-0.05, 0) is 16.7 Å². The van der Waals surface area contributed by atoms with Crippen LogP contribution in [0.1, 0.15) is 0 Å². The summed E-state index contributed by atoms with van der Waals surface area (Å²) < 4.78 is 20.1. The highest BCUT2D eigenvalue weighted by molar-refractivity contribution is 7.95. The maximum atomic E-state index is 13.4. The van der Waals surface area contributed by atoms with Crippen molar-refractivity contribution in [2.24, 2.45) is 0 Å². The molecule has 0 saturated heterocycles. The molecular weight excluding hydrogens is 459 g/mol. The van der Waals surface area contributed by atoms with Crippen LogP contribution in [0.2, 0.25) is 0 Å². The van der Waals surface area contributed by atoms with Crippen LogP contribution in [0.15, 0.2) is 83.2 Å². The third-order valence-electron chi connectivity index (χ3n) is 5.32. The SMILES string of the molecule is COC(=O)C1=CC(C(=O)OC)=C(C(=O)OC)P(c2ccccc2)(c2ccccc2)=C1C(=O)OC. The van der Waals surface area contributed by atoms with Gasteiger partial charge in [-0.25, -0.2) is 19.2 Å². The molecular formula is C25H23O8P. The lowest BCUT2D eigenvalue weighted by atomic mass is 10.1. The van der Waals surface area contributed by atoms with Gasteiger partial charge in [-0.15, -0.1) is 0 Å². The first-order valence-corrected chi connectivity index (χ1v) is 11.8. The summed E-state index contributed by atoms with van der Waals surface area (Å²) in [7, 11) is 4.65. The molecule has 0 atom stereocenters. The summed E-state index contributed by atoms with van der Waals surface area (Å²) in [5.41, 5.74) is -0.410. The summed E-state index contributed by atoms with van der Waals surface area (Å²) in [4.78, 5) is 52.7. The molecule has 1 heterocycles. The van der Waals surface area contributed by atoms with Crippen LogP contribution in [0, 0.1) is 0 Å². The number of hydrogen-bond donors (Lipinski definition) is 0. The van der Waals surface area contributed by atoms with Gasteiger partial charge in [0.25, 0.3) is 0 Å². The quantitative estimate of drug-likeness (QED) is 0.348. The Morgan fingerprint density at radius 3 is 1.44 bits per heavy atom. The van der Waals surface area contributed by atoms with Crippen molar-refractivity contribution in [3.63, 3.8) is 0 Å². The molecule has 34 heavy (non-hydrogen) atoms. The molecule has 0 radical (unpaired) electrons. The van der Waals surface area contributed by atoms with Gasteiger partial charge in [0.2, 0.25) is 0 Å². The Bertz CT molecular complexity index is 1210. The molecule has 0 amide bonds. The first-order valence-electron chi connectivity index (χ1n) is 10.1. The van der Waals surface area contributed by atoms with E-state index in [4.69, 9.17) is 18.9 Å². The van der Waals surface area contributed by atoms with Crippen molar-refractivity contribution in [2.45, 2.75) is 0 Å². The van der Waals surface area contributed by atoms with E-state index in [9.17, 15) is 19.2 Å². The minimum Gasteiger partial charge on any atom is -0.465 e. The first kappa shape index (κ1) is 24.7. The van der Waals surface area contributed by atoms with E-state index in [-0.39, 0.29) is 21.8 Å². The third-order valence-corrected chi connectivity index (χ3v) is 9.66. The molecule has 0 aliphatic carbocycles. The smallest absolute Gasteiger partial charge is 0.339 e. The predicted molar refractivity (Wildman–Crippen MR) is 127 cm³/mol. The van der Waals surface area contributed by atoms with E-state index in [1.807, 2.05) is 0 Å². The van der Waals surface area contributed by atoms with E-state index < -0.39 is 30.8 Å². The Kier molecular flexibility index (Phi) is 7.54. The summed E-state index contributed by atoms with van der Waals surface area (Å²) in [6.07, 6.45) is 1.13. The fraction of sp³-hybridized carbons (Fsp3) is 0.160. The Hall–Kier alpha value is -3.90. The Balaban J connectivity index is 2.79. The number of hydrogen-bond acceptors (Lipinski definition) is 8. The van der Waals surface area contributed by atoms with Crippen LogP contribution in [0.5, 0.6) is 0 Å². The molecule has 0 aromatic heterocycles. The van der Waals surface area contributed by atoms with E-state index in [1.54, 1.807) is 60.7 Å². The summed E-state index contributed by atoms with van der Waals surface area (Å²) in [5, 5.41) is 0.871. The van der Waals surface area contributed by atoms with Crippen LogP contribution in [0.25, 0.3) is 0 Å². The molecule has 0 unspecified atom stereocenters. The van der Waals surface area contributed by atoms with Gasteiger partial charge in [-0.1, -0.05) is 60.7 Å². The van der Waals surface area contributed by atoms with Crippen LogP contribution < -0.4 is 10.6 Å². The highest BCUT2D eigenvalue weighted by Crippen LogP contribution is 2.59. The van der Waals surface area contributed by atoms with E-state index >= 15 is 0 Å².